The maximum atomic E-state index is 11.3. The van der Waals surface area contributed by atoms with Crippen LogP contribution < -0.4 is 5.32 Å². The summed E-state index contributed by atoms with van der Waals surface area (Å²) in [5.41, 5.74) is 0.296. The van der Waals surface area contributed by atoms with Gasteiger partial charge >= 0.3 is 0 Å². The lowest BCUT2D eigenvalue weighted by atomic mass is 10.1. The molecule has 0 aliphatic carbocycles. The molecule has 0 saturated carbocycles. The second-order valence-electron chi connectivity index (χ2n) is 3.57. The Hall–Kier alpha value is -1.36. The van der Waals surface area contributed by atoms with Gasteiger partial charge in [-0.2, -0.15) is 0 Å². The summed E-state index contributed by atoms with van der Waals surface area (Å²) in [6.07, 6.45) is 3.11. The van der Waals surface area contributed by atoms with Gasteiger partial charge in [0.05, 0.1) is 0 Å². The Labute approximate surface area is 88.5 Å². The molecule has 1 rings (SSSR count). The fourth-order valence-corrected chi connectivity index (χ4v) is 1.16. The average Bonchev–Trinajstić information content (AvgIpc) is 2.77. The molecule has 1 amide bonds. The maximum absolute atomic E-state index is 11.3. The predicted molar refractivity (Wildman–Crippen MR) is 54.3 cm³/mol. The Kier molecular flexibility index (Phi) is 4.83. The van der Waals surface area contributed by atoms with Gasteiger partial charge in [-0.1, -0.05) is 12.1 Å². The Morgan fingerprint density at radius 3 is 3.13 bits per heavy atom. The van der Waals surface area contributed by atoms with Gasteiger partial charge in [-0.15, -0.1) is 0 Å². The number of carbonyl (C=O) groups excluding carboxylic acids is 1. The fraction of sp³-hybridized carbons (Fsp3) is 0.600. The summed E-state index contributed by atoms with van der Waals surface area (Å²) in [6.45, 7) is 2.76. The van der Waals surface area contributed by atoms with Gasteiger partial charge in [0.1, 0.15) is 6.26 Å². The van der Waals surface area contributed by atoms with Crippen molar-refractivity contribution in [1.29, 1.82) is 0 Å². The molecule has 0 fully saturated rings. The standard InChI is InChI=1S/C10H16N2O3/c1-8(7-13)3-2-5-11-10(14)9-4-6-15-12-9/h4,6,8,13H,2-3,5,7H2,1H3,(H,11,14). The van der Waals surface area contributed by atoms with Crippen LogP contribution in [0.5, 0.6) is 0 Å². The Morgan fingerprint density at radius 2 is 2.53 bits per heavy atom. The Morgan fingerprint density at radius 1 is 1.73 bits per heavy atom. The summed E-state index contributed by atoms with van der Waals surface area (Å²) < 4.78 is 4.55. The second kappa shape index (κ2) is 6.19. The van der Waals surface area contributed by atoms with Crippen molar-refractivity contribution in [2.24, 2.45) is 5.92 Å². The van der Waals surface area contributed by atoms with Gasteiger partial charge in [0.2, 0.25) is 0 Å². The summed E-state index contributed by atoms with van der Waals surface area (Å²) in [6, 6.07) is 1.52. The van der Waals surface area contributed by atoms with Gasteiger partial charge in [-0.05, 0) is 18.8 Å². The number of hydrogen-bond donors (Lipinski definition) is 2. The van der Waals surface area contributed by atoms with Crippen LogP contribution in [0.15, 0.2) is 16.9 Å². The maximum Gasteiger partial charge on any atom is 0.273 e. The van der Waals surface area contributed by atoms with E-state index in [1.54, 1.807) is 0 Å². The van der Waals surface area contributed by atoms with E-state index in [1.165, 1.54) is 12.3 Å². The lowest BCUT2D eigenvalue weighted by molar-refractivity contribution is 0.0943. The number of aliphatic hydroxyl groups excluding tert-OH is 1. The molecule has 5 heteroatoms. The largest absolute Gasteiger partial charge is 0.396 e. The quantitative estimate of drug-likeness (QED) is 0.684. The average molecular weight is 212 g/mol. The van der Waals surface area contributed by atoms with Crippen LogP contribution in [-0.4, -0.2) is 29.3 Å². The van der Waals surface area contributed by atoms with E-state index in [4.69, 9.17) is 5.11 Å². The molecule has 5 nitrogen and oxygen atoms in total. The van der Waals surface area contributed by atoms with Crippen LogP contribution in [0, 0.1) is 5.92 Å². The van der Waals surface area contributed by atoms with Crippen LogP contribution in [0.4, 0.5) is 0 Å². The molecule has 0 aliphatic heterocycles. The van der Waals surface area contributed by atoms with E-state index >= 15 is 0 Å². The van der Waals surface area contributed by atoms with E-state index in [1.807, 2.05) is 6.92 Å². The molecular weight excluding hydrogens is 196 g/mol. The number of nitrogens with one attached hydrogen (secondary N) is 1. The highest BCUT2D eigenvalue weighted by Crippen LogP contribution is 2.02. The van der Waals surface area contributed by atoms with Crippen molar-refractivity contribution in [2.45, 2.75) is 19.8 Å². The first-order valence-corrected chi connectivity index (χ1v) is 5.03. The van der Waals surface area contributed by atoms with E-state index in [0.717, 1.165) is 12.8 Å². The number of rotatable bonds is 6. The van der Waals surface area contributed by atoms with Gasteiger partial charge < -0.3 is 14.9 Å². The highest BCUT2D eigenvalue weighted by atomic mass is 16.5. The van der Waals surface area contributed by atoms with Crippen molar-refractivity contribution < 1.29 is 14.4 Å². The van der Waals surface area contributed by atoms with Crippen LogP contribution in [0.25, 0.3) is 0 Å². The van der Waals surface area contributed by atoms with Crippen molar-refractivity contribution in [2.75, 3.05) is 13.2 Å². The lowest BCUT2D eigenvalue weighted by Gasteiger charge is -2.07. The third kappa shape index (κ3) is 4.12. The molecule has 0 bridgehead atoms. The van der Waals surface area contributed by atoms with E-state index in [0.29, 0.717) is 12.2 Å². The van der Waals surface area contributed by atoms with Crippen molar-refractivity contribution in [3.63, 3.8) is 0 Å². The normalized spacial score (nSPS) is 12.4. The molecule has 1 heterocycles. The van der Waals surface area contributed by atoms with Crippen molar-refractivity contribution in [3.05, 3.63) is 18.0 Å². The van der Waals surface area contributed by atoms with E-state index in [9.17, 15) is 4.79 Å². The topological polar surface area (TPSA) is 75.4 Å². The van der Waals surface area contributed by atoms with Crippen LogP contribution in [-0.2, 0) is 0 Å². The highest BCUT2D eigenvalue weighted by Gasteiger charge is 2.07. The van der Waals surface area contributed by atoms with Crippen LogP contribution in [0.2, 0.25) is 0 Å². The van der Waals surface area contributed by atoms with Crippen LogP contribution in [0.3, 0.4) is 0 Å². The Balaban J connectivity index is 2.13. The minimum absolute atomic E-state index is 0.192. The molecule has 0 aromatic carbocycles. The molecule has 0 aliphatic rings. The SMILES string of the molecule is CC(CO)CCCNC(=O)c1ccon1. The summed E-state index contributed by atoms with van der Waals surface area (Å²) in [7, 11) is 0. The molecule has 1 aromatic rings. The number of hydrogen-bond acceptors (Lipinski definition) is 4. The van der Waals surface area contributed by atoms with E-state index < -0.39 is 0 Å². The summed E-state index contributed by atoms with van der Waals surface area (Å²) >= 11 is 0. The number of carbonyl (C=O) groups is 1. The molecule has 1 unspecified atom stereocenters. The van der Waals surface area contributed by atoms with Gasteiger partial charge in [-0.25, -0.2) is 0 Å². The zero-order valence-electron chi connectivity index (χ0n) is 8.77. The zero-order valence-corrected chi connectivity index (χ0v) is 8.77. The highest BCUT2D eigenvalue weighted by molar-refractivity contribution is 5.91. The molecule has 84 valence electrons. The summed E-state index contributed by atoms with van der Waals surface area (Å²) in [5.74, 6) is 0.0642. The molecule has 0 radical (unpaired) electrons. The third-order valence-corrected chi connectivity index (χ3v) is 2.14. The molecule has 0 saturated heterocycles. The van der Waals surface area contributed by atoms with Gasteiger partial charge in [-0.3, -0.25) is 4.79 Å². The monoisotopic (exact) mass is 212 g/mol. The van der Waals surface area contributed by atoms with Crippen molar-refractivity contribution in [3.8, 4) is 0 Å². The minimum Gasteiger partial charge on any atom is -0.396 e. The first-order chi connectivity index (χ1) is 7.24. The number of amides is 1. The third-order valence-electron chi connectivity index (χ3n) is 2.14. The molecule has 2 N–H and O–H groups in total. The molecule has 15 heavy (non-hydrogen) atoms. The number of nitrogens with zero attached hydrogens (tertiary/aromatic N) is 1. The second-order valence-corrected chi connectivity index (χ2v) is 3.57. The fourth-order valence-electron chi connectivity index (χ4n) is 1.16. The molecular formula is C10H16N2O3. The van der Waals surface area contributed by atoms with Gasteiger partial charge in [0, 0.05) is 19.2 Å². The smallest absolute Gasteiger partial charge is 0.273 e. The van der Waals surface area contributed by atoms with Crippen LogP contribution >= 0.6 is 0 Å². The van der Waals surface area contributed by atoms with Gasteiger partial charge in [0.25, 0.3) is 5.91 Å². The zero-order chi connectivity index (χ0) is 11.1. The summed E-state index contributed by atoms with van der Waals surface area (Å²) in [4.78, 5) is 11.3. The van der Waals surface area contributed by atoms with Crippen molar-refractivity contribution in [1.82, 2.24) is 10.5 Å². The summed E-state index contributed by atoms with van der Waals surface area (Å²) in [5, 5.41) is 15.0. The van der Waals surface area contributed by atoms with Gasteiger partial charge in [0.15, 0.2) is 5.69 Å². The van der Waals surface area contributed by atoms with Crippen LogP contribution in [0.1, 0.15) is 30.3 Å². The molecule has 1 atom stereocenters. The Bertz CT molecular complexity index is 285. The predicted octanol–water partition coefficient (Wildman–Crippen LogP) is 0.813. The minimum atomic E-state index is -0.222. The molecule has 1 aromatic heterocycles. The number of aliphatic hydroxyl groups is 1. The number of aromatic nitrogens is 1. The van der Waals surface area contributed by atoms with E-state index in [2.05, 4.69) is 15.0 Å². The molecule has 0 spiro atoms. The first kappa shape index (κ1) is 11.7. The van der Waals surface area contributed by atoms with Crippen molar-refractivity contribution >= 4 is 5.91 Å². The van der Waals surface area contributed by atoms with E-state index in [-0.39, 0.29) is 18.4 Å². The first-order valence-electron chi connectivity index (χ1n) is 5.03. The lowest BCUT2D eigenvalue weighted by Crippen LogP contribution is -2.25.